The molecule has 3 aliphatic rings. The molecular formula is C28H24N4O4S2. The van der Waals surface area contributed by atoms with Crippen molar-refractivity contribution in [2.45, 2.75) is 11.5 Å². The van der Waals surface area contributed by atoms with E-state index in [0.717, 1.165) is 39.5 Å². The van der Waals surface area contributed by atoms with E-state index in [9.17, 15) is 14.4 Å². The normalized spacial score (nSPS) is 18.4. The van der Waals surface area contributed by atoms with E-state index in [1.165, 1.54) is 17.3 Å². The number of benzene rings is 2. The highest BCUT2D eigenvalue weighted by Gasteiger charge is 2.37. The molecule has 3 aliphatic heterocycles. The third-order valence-corrected chi connectivity index (χ3v) is 8.39. The van der Waals surface area contributed by atoms with Gasteiger partial charge >= 0.3 is 0 Å². The predicted octanol–water partition coefficient (Wildman–Crippen LogP) is 5.04. The van der Waals surface area contributed by atoms with Crippen molar-refractivity contribution >= 4 is 63.1 Å². The largest absolute Gasteiger partial charge is 0.450 e. The highest BCUT2D eigenvalue weighted by atomic mass is 32.2. The number of carbonyl (C=O) groups excluding carboxylic acids is 3. The molecule has 0 saturated carbocycles. The number of furan rings is 1. The molecule has 0 N–H and O–H groups in total. The van der Waals surface area contributed by atoms with Crippen molar-refractivity contribution in [3.05, 3.63) is 83.0 Å². The van der Waals surface area contributed by atoms with Crippen LogP contribution in [0.5, 0.6) is 0 Å². The van der Waals surface area contributed by atoms with E-state index in [4.69, 9.17) is 4.42 Å². The summed E-state index contributed by atoms with van der Waals surface area (Å²) in [5.41, 5.74) is 3.28. The second kappa shape index (κ2) is 10.5. The van der Waals surface area contributed by atoms with Gasteiger partial charge in [0.25, 0.3) is 11.1 Å². The highest BCUT2D eigenvalue weighted by molar-refractivity contribution is 8.18. The van der Waals surface area contributed by atoms with Crippen LogP contribution in [0.1, 0.15) is 11.3 Å². The number of anilines is 1. The van der Waals surface area contributed by atoms with Crippen LogP contribution in [0.2, 0.25) is 0 Å². The summed E-state index contributed by atoms with van der Waals surface area (Å²) >= 11 is 2.27. The summed E-state index contributed by atoms with van der Waals surface area (Å²) in [7, 11) is 0. The molecule has 3 amide bonds. The highest BCUT2D eigenvalue weighted by Crippen LogP contribution is 2.36. The molecule has 6 rings (SSSR count). The Bertz CT molecular complexity index is 1460. The minimum Gasteiger partial charge on any atom is -0.450 e. The number of imide groups is 1. The SMILES string of the molecule is O=C(CN1C(=O)S/C(=C\c2ccc(SC3=Nc4ccccc4C3)o2)C1=O)N1CCN(c2ccccc2)CC1. The van der Waals surface area contributed by atoms with Gasteiger partial charge in [0, 0.05) is 44.4 Å². The van der Waals surface area contributed by atoms with E-state index >= 15 is 0 Å². The second-order valence-electron chi connectivity index (χ2n) is 9.04. The minimum absolute atomic E-state index is 0.226. The van der Waals surface area contributed by atoms with Gasteiger partial charge in [-0.15, -0.1) is 0 Å². The standard InChI is InChI=1S/C28H24N4O4S2/c33-25(31-14-12-30(13-15-31)20-7-2-1-3-8-20)18-32-27(34)23(37-28(32)35)17-21-10-11-26(36-21)38-24-16-19-6-4-5-9-22(19)29-24/h1-11,17H,12-16,18H2/b23-17-. The quantitative estimate of drug-likeness (QED) is 0.416. The van der Waals surface area contributed by atoms with Gasteiger partial charge in [-0.3, -0.25) is 19.3 Å². The lowest BCUT2D eigenvalue weighted by molar-refractivity contribution is -0.136. The number of carbonyl (C=O) groups is 3. The molecule has 0 atom stereocenters. The lowest BCUT2D eigenvalue weighted by Gasteiger charge is -2.36. The Kier molecular flexibility index (Phi) is 6.82. The van der Waals surface area contributed by atoms with E-state index in [-0.39, 0.29) is 17.4 Å². The maximum atomic E-state index is 13.0. The average molecular weight is 545 g/mol. The Morgan fingerprint density at radius 2 is 1.74 bits per heavy atom. The van der Waals surface area contributed by atoms with E-state index in [2.05, 4.69) is 16.0 Å². The van der Waals surface area contributed by atoms with Crippen LogP contribution in [0.3, 0.4) is 0 Å². The van der Waals surface area contributed by atoms with Gasteiger partial charge in [-0.2, -0.15) is 0 Å². The molecule has 0 aliphatic carbocycles. The lowest BCUT2D eigenvalue weighted by atomic mass is 10.2. The van der Waals surface area contributed by atoms with Gasteiger partial charge in [0.2, 0.25) is 5.91 Å². The molecule has 2 saturated heterocycles. The van der Waals surface area contributed by atoms with Crippen LogP contribution < -0.4 is 4.90 Å². The molecule has 0 unspecified atom stereocenters. The number of thioether (sulfide) groups is 2. The van der Waals surface area contributed by atoms with Crippen LogP contribution in [0, 0.1) is 0 Å². The first-order valence-corrected chi connectivity index (χ1v) is 13.9. The third kappa shape index (κ3) is 5.14. The van der Waals surface area contributed by atoms with Crippen molar-refractivity contribution in [2.24, 2.45) is 4.99 Å². The topological polar surface area (TPSA) is 86.4 Å². The first kappa shape index (κ1) is 24.6. The smallest absolute Gasteiger partial charge is 0.294 e. The van der Waals surface area contributed by atoms with Gasteiger partial charge in [0.15, 0.2) is 5.09 Å². The number of para-hydroxylation sites is 2. The molecule has 2 aromatic carbocycles. The van der Waals surface area contributed by atoms with Crippen LogP contribution >= 0.6 is 23.5 Å². The Hall–Kier alpha value is -3.76. The van der Waals surface area contributed by atoms with Crippen molar-refractivity contribution in [3.8, 4) is 0 Å². The minimum atomic E-state index is -0.475. The van der Waals surface area contributed by atoms with Crippen molar-refractivity contribution in [1.29, 1.82) is 0 Å². The lowest BCUT2D eigenvalue weighted by Crippen LogP contribution is -2.51. The fourth-order valence-electron chi connectivity index (χ4n) is 4.60. The van der Waals surface area contributed by atoms with Crippen molar-refractivity contribution in [3.63, 3.8) is 0 Å². The molecule has 192 valence electrons. The predicted molar refractivity (Wildman–Crippen MR) is 150 cm³/mol. The maximum absolute atomic E-state index is 13.0. The molecule has 0 spiro atoms. The summed E-state index contributed by atoms with van der Waals surface area (Å²) < 4.78 is 5.88. The Morgan fingerprint density at radius 3 is 2.53 bits per heavy atom. The van der Waals surface area contributed by atoms with E-state index in [1.807, 2.05) is 54.6 Å². The van der Waals surface area contributed by atoms with Gasteiger partial charge in [-0.25, -0.2) is 4.99 Å². The average Bonchev–Trinajstić information content (AvgIpc) is 3.63. The first-order valence-electron chi connectivity index (χ1n) is 12.3. The van der Waals surface area contributed by atoms with Crippen molar-refractivity contribution in [2.75, 3.05) is 37.6 Å². The number of piperazine rings is 1. The summed E-state index contributed by atoms with van der Waals surface area (Å²) in [5.74, 6) is -0.230. The van der Waals surface area contributed by atoms with E-state index < -0.39 is 11.1 Å². The van der Waals surface area contributed by atoms with Gasteiger partial charge in [0.1, 0.15) is 12.3 Å². The summed E-state index contributed by atoms with van der Waals surface area (Å²) in [4.78, 5) is 48.3. The van der Waals surface area contributed by atoms with Crippen LogP contribution in [0.15, 0.2) is 86.1 Å². The van der Waals surface area contributed by atoms with Crippen molar-refractivity contribution < 1.29 is 18.8 Å². The van der Waals surface area contributed by atoms with Gasteiger partial charge in [0.05, 0.1) is 15.6 Å². The molecule has 0 bridgehead atoms. The number of hydrogen-bond donors (Lipinski definition) is 0. The molecule has 2 fully saturated rings. The monoisotopic (exact) mass is 544 g/mol. The van der Waals surface area contributed by atoms with Gasteiger partial charge in [-0.05, 0) is 59.4 Å². The second-order valence-corrected chi connectivity index (χ2v) is 11.1. The number of fused-ring (bicyclic) bond motifs is 1. The van der Waals surface area contributed by atoms with Gasteiger partial charge < -0.3 is 14.2 Å². The summed E-state index contributed by atoms with van der Waals surface area (Å²) in [6.45, 7) is 2.24. The van der Waals surface area contributed by atoms with Gasteiger partial charge in [-0.1, -0.05) is 36.4 Å². The molecule has 4 heterocycles. The van der Waals surface area contributed by atoms with Crippen LogP contribution in [0.25, 0.3) is 6.08 Å². The number of nitrogens with zero attached hydrogens (tertiary/aromatic N) is 4. The zero-order valence-corrected chi connectivity index (χ0v) is 22.0. The van der Waals surface area contributed by atoms with E-state index in [0.29, 0.717) is 37.0 Å². The van der Waals surface area contributed by atoms with Crippen LogP contribution in [-0.2, 0) is 16.0 Å². The number of amides is 3. The van der Waals surface area contributed by atoms with E-state index in [1.54, 1.807) is 17.0 Å². The zero-order chi connectivity index (χ0) is 26.1. The molecule has 0 radical (unpaired) electrons. The fourth-order valence-corrected chi connectivity index (χ4v) is 6.30. The molecule has 8 nitrogen and oxygen atoms in total. The van der Waals surface area contributed by atoms with Crippen molar-refractivity contribution in [1.82, 2.24) is 9.80 Å². The molecular weight excluding hydrogens is 520 g/mol. The molecule has 38 heavy (non-hydrogen) atoms. The van der Waals surface area contributed by atoms with Crippen LogP contribution in [-0.4, -0.2) is 64.6 Å². The Labute approximate surface area is 228 Å². The zero-order valence-electron chi connectivity index (χ0n) is 20.4. The number of rotatable bonds is 5. The number of hydrogen-bond acceptors (Lipinski definition) is 8. The molecule has 1 aromatic heterocycles. The maximum Gasteiger partial charge on any atom is 0.294 e. The third-order valence-electron chi connectivity index (χ3n) is 6.59. The Balaban J connectivity index is 1.05. The molecule has 10 heteroatoms. The summed E-state index contributed by atoms with van der Waals surface area (Å²) in [6.07, 6.45) is 2.31. The van der Waals surface area contributed by atoms with Crippen LogP contribution in [0.4, 0.5) is 16.2 Å². The number of aliphatic imine (C=N–C) groups is 1. The summed E-state index contributed by atoms with van der Waals surface area (Å²) in [5, 5.41) is 1.15. The first-order chi connectivity index (χ1) is 18.5. The summed E-state index contributed by atoms with van der Waals surface area (Å²) in [6, 6.07) is 21.7. The molecule has 3 aromatic rings. The Morgan fingerprint density at radius 1 is 0.974 bits per heavy atom. The fraction of sp³-hybridized carbons (Fsp3) is 0.214.